The molecule has 5 unspecified atom stereocenters. The summed E-state index contributed by atoms with van der Waals surface area (Å²) in [6.07, 6.45) is 14.2. The van der Waals surface area contributed by atoms with E-state index in [1.165, 1.54) is 45.4 Å². The fourth-order valence-corrected chi connectivity index (χ4v) is 8.80. The van der Waals surface area contributed by atoms with Gasteiger partial charge in [-0.25, -0.2) is 0 Å². The van der Waals surface area contributed by atoms with E-state index >= 15 is 0 Å². The van der Waals surface area contributed by atoms with Crippen molar-refractivity contribution in [3.8, 4) is 0 Å². The maximum Gasteiger partial charge on any atom is 0.302 e. The Kier molecular flexibility index (Phi) is 6.69. The third-order valence-electron chi connectivity index (χ3n) is 10.6. The first-order chi connectivity index (χ1) is 15.1. The van der Waals surface area contributed by atoms with Crippen molar-refractivity contribution in [2.75, 3.05) is 0 Å². The molecule has 0 radical (unpaired) electrons. The number of hydrogen-bond acceptors (Lipinski definition) is 3. The summed E-state index contributed by atoms with van der Waals surface area (Å²) in [6.45, 7) is 13.2. The summed E-state index contributed by atoms with van der Waals surface area (Å²) >= 11 is 0. The quantitative estimate of drug-likeness (QED) is 0.324. The van der Waals surface area contributed by atoms with Gasteiger partial charge in [0.25, 0.3) is 0 Å². The number of fused-ring (bicyclic) bond motifs is 5. The second kappa shape index (κ2) is 8.91. The zero-order valence-electron chi connectivity index (χ0n) is 21.4. The van der Waals surface area contributed by atoms with Gasteiger partial charge >= 0.3 is 5.97 Å². The second-order valence-electron chi connectivity index (χ2n) is 12.6. The minimum Gasteiger partial charge on any atom is -0.462 e. The van der Waals surface area contributed by atoms with Gasteiger partial charge in [-0.15, -0.1) is 0 Å². The molecule has 4 aliphatic rings. The van der Waals surface area contributed by atoms with E-state index in [9.17, 15) is 9.59 Å². The Morgan fingerprint density at radius 3 is 2.50 bits per heavy atom. The predicted octanol–water partition coefficient (Wildman–Crippen LogP) is 7.14. The molecule has 0 N–H and O–H groups in total. The molecule has 4 rings (SSSR count). The zero-order valence-corrected chi connectivity index (χ0v) is 21.4. The minimum atomic E-state index is -0.137. The predicted molar refractivity (Wildman–Crippen MR) is 129 cm³/mol. The van der Waals surface area contributed by atoms with E-state index in [2.05, 4.69) is 26.8 Å². The Labute approximate surface area is 196 Å². The standard InChI is InChI=1S/C29H46O3/c1-18(2)27(31)12-7-19(3)24-10-11-25-23-9-8-21-17-22(32-20(4)30)13-15-28(21,5)26(23)14-16-29(24,25)6/h8,18-19,22-26H,7,9-17H2,1-6H3/t19?,22-,23?,24?,25?,26?,28-,29+/m0/s1. The third-order valence-corrected chi connectivity index (χ3v) is 10.6. The summed E-state index contributed by atoms with van der Waals surface area (Å²) in [7, 11) is 0. The van der Waals surface area contributed by atoms with Crippen molar-refractivity contribution in [3.63, 3.8) is 0 Å². The summed E-state index contributed by atoms with van der Waals surface area (Å²) in [5.74, 6) is 4.31. The molecule has 0 aromatic heterocycles. The normalized spacial score (nSPS) is 41.8. The first kappa shape index (κ1) is 24.0. The molecule has 0 bridgehead atoms. The molecule has 0 spiro atoms. The van der Waals surface area contributed by atoms with Crippen LogP contribution in [0.4, 0.5) is 0 Å². The molecule has 0 aromatic carbocycles. The van der Waals surface area contributed by atoms with Crippen LogP contribution in [0, 0.1) is 46.3 Å². The summed E-state index contributed by atoms with van der Waals surface area (Å²) in [5.41, 5.74) is 2.32. The lowest BCUT2D eigenvalue weighted by molar-refractivity contribution is -0.148. The van der Waals surface area contributed by atoms with Crippen molar-refractivity contribution in [2.24, 2.45) is 46.3 Å². The highest BCUT2D eigenvalue weighted by Crippen LogP contribution is 2.67. The molecule has 4 aliphatic carbocycles. The Morgan fingerprint density at radius 1 is 1.06 bits per heavy atom. The van der Waals surface area contributed by atoms with Gasteiger partial charge in [0, 0.05) is 25.7 Å². The van der Waals surface area contributed by atoms with E-state index in [-0.39, 0.29) is 18.0 Å². The van der Waals surface area contributed by atoms with E-state index in [0.29, 0.717) is 22.5 Å². The smallest absolute Gasteiger partial charge is 0.302 e. The van der Waals surface area contributed by atoms with Gasteiger partial charge < -0.3 is 4.74 Å². The molecule has 8 atom stereocenters. The first-order valence-corrected chi connectivity index (χ1v) is 13.5. The van der Waals surface area contributed by atoms with Crippen molar-refractivity contribution >= 4 is 11.8 Å². The molecule has 180 valence electrons. The van der Waals surface area contributed by atoms with Crippen LogP contribution in [0.25, 0.3) is 0 Å². The van der Waals surface area contributed by atoms with Gasteiger partial charge in [0.1, 0.15) is 11.9 Å². The first-order valence-electron chi connectivity index (χ1n) is 13.5. The maximum atomic E-state index is 12.2. The Hall–Kier alpha value is -1.12. The van der Waals surface area contributed by atoms with Gasteiger partial charge in [-0.05, 0) is 91.8 Å². The third kappa shape index (κ3) is 4.11. The summed E-state index contributed by atoms with van der Waals surface area (Å²) in [6, 6.07) is 0. The number of carbonyl (C=O) groups excluding carboxylic acids is 2. The van der Waals surface area contributed by atoms with Crippen molar-refractivity contribution in [1.29, 1.82) is 0 Å². The van der Waals surface area contributed by atoms with Crippen molar-refractivity contribution in [1.82, 2.24) is 0 Å². The van der Waals surface area contributed by atoms with Crippen LogP contribution >= 0.6 is 0 Å². The van der Waals surface area contributed by atoms with Crippen molar-refractivity contribution in [3.05, 3.63) is 11.6 Å². The monoisotopic (exact) mass is 442 g/mol. The summed E-state index contributed by atoms with van der Waals surface area (Å²) in [4.78, 5) is 23.7. The van der Waals surface area contributed by atoms with Gasteiger partial charge in [0.05, 0.1) is 0 Å². The van der Waals surface area contributed by atoms with E-state index in [0.717, 1.165) is 49.4 Å². The fourth-order valence-electron chi connectivity index (χ4n) is 8.80. The number of rotatable bonds is 6. The average Bonchev–Trinajstić information content (AvgIpc) is 3.08. The second-order valence-corrected chi connectivity index (χ2v) is 12.6. The number of carbonyl (C=O) groups is 2. The van der Waals surface area contributed by atoms with Crippen LogP contribution in [0.3, 0.4) is 0 Å². The molecular formula is C29H46O3. The average molecular weight is 443 g/mol. The van der Waals surface area contributed by atoms with E-state index in [1.54, 1.807) is 5.57 Å². The number of hydrogen-bond donors (Lipinski definition) is 0. The van der Waals surface area contributed by atoms with Crippen LogP contribution in [0.2, 0.25) is 0 Å². The molecule has 0 heterocycles. The molecule has 0 aliphatic heterocycles. The number of Topliss-reactive ketones (excluding diaryl/α,β-unsaturated/α-hetero) is 1. The lowest BCUT2D eigenvalue weighted by Crippen LogP contribution is -2.51. The van der Waals surface area contributed by atoms with Crippen molar-refractivity contribution < 1.29 is 14.3 Å². The minimum absolute atomic E-state index is 0.0856. The van der Waals surface area contributed by atoms with Crippen molar-refractivity contribution in [2.45, 2.75) is 112 Å². The highest BCUT2D eigenvalue weighted by Gasteiger charge is 2.59. The van der Waals surface area contributed by atoms with Gasteiger partial charge in [0.15, 0.2) is 0 Å². The molecule has 3 fully saturated rings. The SMILES string of the molecule is CC(=O)O[C@H]1CC[C@@]2(C)C(=CCC3C4CCC(C(C)CCC(=O)C(C)C)[C@@]4(C)CCC32)C1. The van der Waals surface area contributed by atoms with Crippen LogP contribution in [0.1, 0.15) is 106 Å². The number of ketones is 1. The van der Waals surface area contributed by atoms with Crippen LogP contribution in [0.15, 0.2) is 11.6 Å². The van der Waals surface area contributed by atoms with E-state index in [1.807, 2.05) is 13.8 Å². The molecule has 32 heavy (non-hydrogen) atoms. The lowest BCUT2D eigenvalue weighted by Gasteiger charge is -2.58. The van der Waals surface area contributed by atoms with E-state index < -0.39 is 0 Å². The molecular weight excluding hydrogens is 396 g/mol. The number of esters is 1. The van der Waals surface area contributed by atoms with Gasteiger partial charge in [0.2, 0.25) is 0 Å². The lowest BCUT2D eigenvalue weighted by atomic mass is 9.47. The Morgan fingerprint density at radius 2 is 1.81 bits per heavy atom. The highest BCUT2D eigenvalue weighted by molar-refractivity contribution is 5.80. The molecule has 3 heteroatoms. The number of allylic oxidation sites excluding steroid dienone is 1. The van der Waals surface area contributed by atoms with Gasteiger partial charge in [-0.3, -0.25) is 9.59 Å². The van der Waals surface area contributed by atoms with Gasteiger partial charge in [-0.2, -0.15) is 0 Å². The molecule has 0 amide bonds. The van der Waals surface area contributed by atoms with Crippen LogP contribution in [0.5, 0.6) is 0 Å². The Bertz CT molecular complexity index is 766. The molecule has 0 aromatic rings. The molecule has 3 nitrogen and oxygen atoms in total. The maximum absolute atomic E-state index is 12.2. The van der Waals surface area contributed by atoms with E-state index in [4.69, 9.17) is 4.74 Å². The summed E-state index contributed by atoms with van der Waals surface area (Å²) < 4.78 is 5.60. The van der Waals surface area contributed by atoms with Crippen LogP contribution in [-0.4, -0.2) is 17.9 Å². The number of ether oxygens (including phenoxy) is 1. The fraction of sp³-hybridized carbons (Fsp3) is 0.862. The zero-order chi connectivity index (χ0) is 23.3. The Balaban J connectivity index is 1.47. The highest BCUT2D eigenvalue weighted by atomic mass is 16.5. The van der Waals surface area contributed by atoms with Crippen LogP contribution < -0.4 is 0 Å². The summed E-state index contributed by atoms with van der Waals surface area (Å²) in [5, 5.41) is 0. The van der Waals surface area contributed by atoms with Crippen LogP contribution in [-0.2, 0) is 14.3 Å². The largest absolute Gasteiger partial charge is 0.462 e. The molecule has 0 saturated heterocycles. The molecule has 3 saturated carbocycles. The topological polar surface area (TPSA) is 43.4 Å². The van der Waals surface area contributed by atoms with Gasteiger partial charge in [-0.1, -0.05) is 46.3 Å².